The highest BCUT2D eigenvalue weighted by Gasteiger charge is 2.14. The molecule has 2 rings (SSSR count). The lowest BCUT2D eigenvalue weighted by Crippen LogP contribution is -2.13. The summed E-state index contributed by atoms with van der Waals surface area (Å²) in [6.07, 6.45) is 8.29. The molecule has 108 valence electrons. The Labute approximate surface area is 119 Å². The second kappa shape index (κ2) is 6.52. The van der Waals surface area contributed by atoms with Gasteiger partial charge in [0.25, 0.3) is 0 Å². The van der Waals surface area contributed by atoms with E-state index in [1.807, 2.05) is 6.92 Å². The van der Waals surface area contributed by atoms with Crippen LogP contribution in [0.2, 0.25) is 0 Å². The van der Waals surface area contributed by atoms with Gasteiger partial charge in [0.15, 0.2) is 0 Å². The zero-order valence-electron chi connectivity index (χ0n) is 12.3. The van der Waals surface area contributed by atoms with Crippen molar-refractivity contribution in [2.75, 3.05) is 6.54 Å². The molecule has 3 N–H and O–H groups in total. The fraction of sp³-hybridized carbons (Fsp3) is 0.467. The third-order valence-electron chi connectivity index (χ3n) is 3.04. The Kier molecular flexibility index (Phi) is 4.74. The maximum absolute atomic E-state index is 5.75. The minimum Gasteiger partial charge on any atom is -0.419 e. The van der Waals surface area contributed by atoms with Crippen molar-refractivity contribution in [1.82, 2.24) is 15.5 Å². The Hall–Kier alpha value is -1.88. The van der Waals surface area contributed by atoms with Gasteiger partial charge in [0.1, 0.15) is 0 Å². The summed E-state index contributed by atoms with van der Waals surface area (Å²) in [4.78, 5) is 0. The first-order chi connectivity index (χ1) is 9.60. The van der Waals surface area contributed by atoms with Crippen LogP contribution in [0.1, 0.15) is 51.4 Å². The van der Waals surface area contributed by atoms with E-state index in [0.29, 0.717) is 11.8 Å². The van der Waals surface area contributed by atoms with E-state index < -0.39 is 0 Å². The van der Waals surface area contributed by atoms with E-state index in [1.54, 1.807) is 0 Å². The van der Waals surface area contributed by atoms with Gasteiger partial charge in [0, 0.05) is 24.2 Å². The van der Waals surface area contributed by atoms with Crippen molar-refractivity contribution in [3.8, 4) is 0 Å². The van der Waals surface area contributed by atoms with Crippen LogP contribution in [-0.4, -0.2) is 16.7 Å². The fourth-order valence-corrected chi connectivity index (χ4v) is 1.93. The number of nitrogens with zero attached hydrogens (tertiary/aromatic N) is 2. The molecule has 0 spiro atoms. The predicted molar refractivity (Wildman–Crippen MR) is 79.6 cm³/mol. The molecule has 0 bridgehead atoms. The summed E-state index contributed by atoms with van der Waals surface area (Å²) in [5, 5.41) is 11.5. The van der Waals surface area contributed by atoms with Gasteiger partial charge in [-0.1, -0.05) is 18.6 Å². The van der Waals surface area contributed by atoms with Crippen molar-refractivity contribution >= 4 is 5.57 Å². The van der Waals surface area contributed by atoms with Gasteiger partial charge >= 0.3 is 0 Å². The van der Waals surface area contributed by atoms with E-state index in [1.165, 1.54) is 5.57 Å². The largest absolute Gasteiger partial charge is 0.419 e. The number of nitrogens with one attached hydrogen (secondary N) is 1. The van der Waals surface area contributed by atoms with Gasteiger partial charge in [-0.05, 0) is 32.4 Å². The zero-order chi connectivity index (χ0) is 14.5. The van der Waals surface area contributed by atoms with E-state index in [-0.39, 0.29) is 6.04 Å². The van der Waals surface area contributed by atoms with Crippen LogP contribution in [0.3, 0.4) is 0 Å². The summed E-state index contributed by atoms with van der Waals surface area (Å²) in [5.41, 5.74) is 9.03. The lowest BCUT2D eigenvalue weighted by molar-refractivity contribution is 0.454. The molecule has 1 aliphatic carbocycles. The number of allylic oxidation sites excluding steroid dienone is 5. The summed E-state index contributed by atoms with van der Waals surface area (Å²) in [7, 11) is 0. The van der Waals surface area contributed by atoms with Gasteiger partial charge < -0.3 is 15.5 Å². The van der Waals surface area contributed by atoms with Crippen molar-refractivity contribution in [3.63, 3.8) is 0 Å². The lowest BCUT2D eigenvalue weighted by atomic mass is 10.2. The highest BCUT2D eigenvalue weighted by atomic mass is 16.4. The molecule has 0 saturated carbocycles. The molecule has 1 heterocycles. The summed E-state index contributed by atoms with van der Waals surface area (Å²) in [6, 6.07) is -0.249. The van der Waals surface area contributed by atoms with Crippen LogP contribution in [0.25, 0.3) is 5.57 Å². The first kappa shape index (κ1) is 14.5. The van der Waals surface area contributed by atoms with E-state index in [0.717, 1.165) is 30.7 Å². The van der Waals surface area contributed by atoms with E-state index in [4.69, 9.17) is 10.2 Å². The standard InChI is InChI=1S/C15H22N4O/c1-4-7-17-13-6-5-10(2)8-12(9-13)15-19-18-14(20-15)11(3)16/h5,8-9,11,17H,4,6-7,16H2,1-3H3. The number of nitrogens with two attached hydrogens (primary N) is 1. The van der Waals surface area contributed by atoms with E-state index in [2.05, 4.69) is 47.6 Å². The normalized spacial score (nSPS) is 16.9. The summed E-state index contributed by atoms with van der Waals surface area (Å²) >= 11 is 0. The molecule has 0 aliphatic heterocycles. The van der Waals surface area contributed by atoms with E-state index in [9.17, 15) is 0 Å². The van der Waals surface area contributed by atoms with Gasteiger partial charge in [-0.3, -0.25) is 0 Å². The first-order valence-corrected chi connectivity index (χ1v) is 7.02. The predicted octanol–water partition coefficient (Wildman–Crippen LogP) is 2.71. The molecule has 5 heteroatoms. The highest BCUT2D eigenvalue weighted by molar-refractivity contribution is 5.72. The second-order valence-electron chi connectivity index (χ2n) is 5.08. The molecule has 0 radical (unpaired) electrons. The molecule has 1 unspecified atom stereocenters. The Bertz CT molecular complexity index is 552. The maximum Gasteiger partial charge on any atom is 0.247 e. The quantitative estimate of drug-likeness (QED) is 0.863. The Morgan fingerprint density at radius 1 is 1.40 bits per heavy atom. The Morgan fingerprint density at radius 2 is 2.20 bits per heavy atom. The van der Waals surface area contributed by atoms with Crippen LogP contribution in [0, 0.1) is 0 Å². The molecule has 1 aromatic rings. The van der Waals surface area contributed by atoms with Gasteiger partial charge in [-0.15, -0.1) is 10.2 Å². The lowest BCUT2D eigenvalue weighted by Gasteiger charge is -2.07. The van der Waals surface area contributed by atoms with E-state index >= 15 is 0 Å². The highest BCUT2D eigenvalue weighted by Crippen LogP contribution is 2.23. The number of aromatic nitrogens is 2. The third-order valence-corrected chi connectivity index (χ3v) is 3.04. The average molecular weight is 274 g/mol. The SMILES string of the molecule is CCCNC1=CC(c2nnc(C(C)N)o2)=CC(C)=CC1. The van der Waals surface area contributed by atoms with Crippen molar-refractivity contribution in [2.45, 2.75) is 39.7 Å². The van der Waals surface area contributed by atoms with Crippen LogP contribution >= 0.6 is 0 Å². The molecule has 0 saturated heterocycles. The van der Waals surface area contributed by atoms with Crippen LogP contribution in [0.4, 0.5) is 0 Å². The summed E-state index contributed by atoms with van der Waals surface area (Å²) < 4.78 is 5.63. The molecule has 0 amide bonds. The fourth-order valence-electron chi connectivity index (χ4n) is 1.93. The second-order valence-corrected chi connectivity index (χ2v) is 5.08. The molecular weight excluding hydrogens is 252 g/mol. The number of rotatable bonds is 5. The van der Waals surface area contributed by atoms with Gasteiger partial charge in [-0.2, -0.15) is 0 Å². The molecule has 20 heavy (non-hydrogen) atoms. The third kappa shape index (κ3) is 3.57. The molecule has 1 aliphatic rings. The Morgan fingerprint density at radius 3 is 2.85 bits per heavy atom. The van der Waals surface area contributed by atoms with Crippen molar-refractivity contribution in [1.29, 1.82) is 0 Å². The molecule has 0 fully saturated rings. The number of hydrogen-bond acceptors (Lipinski definition) is 5. The van der Waals surface area contributed by atoms with Gasteiger partial charge in [0.05, 0.1) is 6.04 Å². The topological polar surface area (TPSA) is 77.0 Å². The van der Waals surface area contributed by atoms with Crippen LogP contribution in [0.15, 0.2) is 33.9 Å². The maximum atomic E-state index is 5.75. The Balaban J connectivity index is 2.28. The number of hydrogen-bond donors (Lipinski definition) is 2. The monoisotopic (exact) mass is 274 g/mol. The van der Waals surface area contributed by atoms with Crippen molar-refractivity contribution in [2.24, 2.45) is 5.73 Å². The van der Waals surface area contributed by atoms with Crippen molar-refractivity contribution < 1.29 is 4.42 Å². The van der Waals surface area contributed by atoms with Gasteiger partial charge in [-0.25, -0.2) is 0 Å². The average Bonchev–Trinajstić information content (AvgIpc) is 2.83. The summed E-state index contributed by atoms with van der Waals surface area (Å²) in [5.74, 6) is 0.978. The molecule has 1 aromatic heterocycles. The summed E-state index contributed by atoms with van der Waals surface area (Å²) in [6.45, 7) is 7.00. The molecule has 0 aromatic carbocycles. The van der Waals surface area contributed by atoms with Crippen LogP contribution in [-0.2, 0) is 0 Å². The molecule has 1 atom stereocenters. The zero-order valence-corrected chi connectivity index (χ0v) is 12.3. The minimum atomic E-state index is -0.249. The smallest absolute Gasteiger partial charge is 0.247 e. The van der Waals surface area contributed by atoms with Gasteiger partial charge in [0.2, 0.25) is 11.8 Å². The van der Waals surface area contributed by atoms with Crippen molar-refractivity contribution in [3.05, 3.63) is 41.3 Å². The molecular formula is C15H22N4O. The molecule has 5 nitrogen and oxygen atoms in total. The van der Waals surface area contributed by atoms with Crippen LogP contribution in [0.5, 0.6) is 0 Å². The minimum absolute atomic E-state index is 0.249. The first-order valence-electron chi connectivity index (χ1n) is 7.02. The van der Waals surface area contributed by atoms with Crippen LogP contribution < -0.4 is 11.1 Å².